The van der Waals surface area contributed by atoms with Crippen LogP contribution in [0.2, 0.25) is 57.4 Å². The molecule has 0 atom stereocenters. The second-order valence-corrected chi connectivity index (χ2v) is 26.0. The Morgan fingerprint density at radius 3 is 1.65 bits per heavy atom. The van der Waals surface area contributed by atoms with E-state index in [0.29, 0.717) is 5.04 Å². The van der Waals surface area contributed by atoms with Gasteiger partial charge in [-0.2, -0.15) is 0 Å². The predicted octanol–water partition coefficient (Wildman–Crippen LogP) is 7.25. The van der Waals surface area contributed by atoms with Gasteiger partial charge in [-0.3, -0.25) is 0 Å². The lowest BCUT2D eigenvalue weighted by molar-refractivity contribution is 0.278. The average molecular weight is 373 g/mol. The molecule has 0 aliphatic carbocycles. The van der Waals surface area contributed by atoms with Crippen molar-refractivity contribution < 1.29 is 4.43 Å². The monoisotopic (exact) mass is 372 g/mol. The Balaban J connectivity index is 4.21. The Morgan fingerprint density at radius 2 is 1.26 bits per heavy atom. The van der Waals surface area contributed by atoms with Crippen LogP contribution in [0.3, 0.4) is 0 Å². The Bertz CT molecular complexity index is 363. The maximum Gasteiger partial charge on any atom is 0.191 e. The molecule has 0 bridgehead atoms. The molecule has 0 aliphatic heterocycles. The van der Waals surface area contributed by atoms with Crippen molar-refractivity contribution in [2.24, 2.45) is 0 Å². The van der Waals surface area contributed by atoms with E-state index in [1.165, 1.54) is 25.7 Å². The van der Waals surface area contributed by atoms with Crippen LogP contribution in [0, 0.1) is 0 Å². The molecule has 0 aliphatic rings. The molecule has 4 heteroatoms. The number of hydrogen-bond donors (Lipinski definition) is 0. The van der Waals surface area contributed by atoms with Gasteiger partial charge in [0.25, 0.3) is 0 Å². The van der Waals surface area contributed by atoms with Gasteiger partial charge in [0.15, 0.2) is 8.32 Å². The Hall–Kier alpha value is 0.351. The van der Waals surface area contributed by atoms with Gasteiger partial charge >= 0.3 is 0 Å². The first-order valence-electron chi connectivity index (χ1n) is 9.44. The summed E-state index contributed by atoms with van der Waals surface area (Å²) in [4.78, 5) is 1.86. The van der Waals surface area contributed by atoms with Crippen molar-refractivity contribution in [1.29, 1.82) is 0 Å². The number of unbranched alkanes of at least 4 members (excludes halogenated alkanes) is 3. The number of rotatable bonds is 9. The molecule has 1 nitrogen and oxygen atoms in total. The third-order valence-corrected chi connectivity index (χ3v) is 17.8. The largest absolute Gasteiger partial charge is 0.417 e. The predicted molar refractivity (Wildman–Crippen MR) is 116 cm³/mol. The molecule has 138 valence electrons. The third-order valence-electron chi connectivity index (χ3n) is 5.08. The minimum Gasteiger partial charge on any atom is -0.417 e. The fourth-order valence-corrected chi connectivity index (χ4v) is 14.6. The maximum atomic E-state index is 6.27. The number of allylic oxidation sites excluding steroid dienone is 1. The molecule has 0 rings (SSSR count). The zero-order valence-electron chi connectivity index (χ0n) is 18.0. The van der Waals surface area contributed by atoms with E-state index in [9.17, 15) is 0 Å². The second-order valence-electron chi connectivity index (χ2n) is 10.6. The lowest BCUT2D eigenvalue weighted by Crippen LogP contribution is -2.40. The molecular weight excluding hydrogens is 328 g/mol. The van der Waals surface area contributed by atoms with E-state index >= 15 is 0 Å². The summed E-state index contributed by atoms with van der Waals surface area (Å²) >= 11 is 0. The molecule has 0 aromatic carbocycles. The third kappa shape index (κ3) is 8.84. The molecule has 0 saturated carbocycles. The molecule has 0 radical (unpaired) electrons. The van der Waals surface area contributed by atoms with E-state index in [-0.39, 0.29) is 0 Å². The molecule has 0 aromatic heterocycles. The van der Waals surface area contributed by atoms with E-state index in [0.717, 1.165) is 6.61 Å². The second kappa shape index (κ2) is 8.63. The first-order valence-corrected chi connectivity index (χ1v) is 19.3. The van der Waals surface area contributed by atoms with Gasteiger partial charge in [-0.05, 0) is 37.4 Å². The van der Waals surface area contributed by atoms with Gasteiger partial charge in [0.2, 0.25) is 0 Å². The SMILES string of the molecule is CC(C)(C)[Si](C)(C)OCCCCCC=C([Si](C)(C)C)[Si](C)(C)C. The summed E-state index contributed by atoms with van der Waals surface area (Å²) in [5.74, 6) is 0. The van der Waals surface area contributed by atoms with Crippen LogP contribution in [0.15, 0.2) is 10.9 Å². The first-order chi connectivity index (χ1) is 10.1. The van der Waals surface area contributed by atoms with Crippen molar-refractivity contribution in [2.75, 3.05) is 6.61 Å². The van der Waals surface area contributed by atoms with Gasteiger partial charge in [0.1, 0.15) is 0 Å². The minimum absolute atomic E-state index is 0.333. The van der Waals surface area contributed by atoms with Crippen molar-refractivity contribution >= 4 is 24.5 Å². The first kappa shape index (κ1) is 23.4. The van der Waals surface area contributed by atoms with Crippen LogP contribution in [0.5, 0.6) is 0 Å². The quantitative estimate of drug-likeness (QED) is 0.306. The van der Waals surface area contributed by atoms with Gasteiger partial charge < -0.3 is 4.43 Å². The smallest absolute Gasteiger partial charge is 0.191 e. The summed E-state index contributed by atoms with van der Waals surface area (Å²) in [6.07, 6.45) is 7.72. The van der Waals surface area contributed by atoms with Crippen LogP contribution < -0.4 is 0 Å². The maximum absolute atomic E-state index is 6.27. The van der Waals surface area contributed by atoms with Crippen molar-refractivity contribution in [3.8, 4) is 0 Å². The topological polar surface area (TPSA) is 9.23 Å². The summed E-state index contributed by atoms with van der Waals surface area (Å²) in [5, 5.41) is 0.333. The fourth-order valence-electron chi connectivity index (χ4n) is 2.95. The Morgan fingerprint density at radius 1 is 0.783 bits per heavy atom. The molecule has 0 aromatic rings. The van der Waals surface area contributed by atoms with E-state index in [4.69, 9.17) is 4.43 Å². The van der Waals surface area contributed by atoms with Crippen LogP contribution in [-0.2, 0) is 4.43 Å². The van der Waals surface area contributed by atoms with Crippen LogP contribution >= 0.6 is 0 Å². The van der Waals surface area contributed by atoms with Crippen molar-refractivity contribution in [2.45, 2.75) is 104 Å². The van der Waals surface area contributed by atoms with Crippen molar-refractivity contribution in [3.05, 3.63) is 10.9 Å². The van der Waals surface area contributed by atoms with Gasteiger partial charge in [-0.1, -0.05) is 77.4 Å². The highest BCUT2D eigenvalue weighted by atomic mass is 28.4. The van der Waals surface area contributed by atoms with Gasteiger partial charge in [0.05, 0.1) is 16.1 Å². The Labute approximate surface area is 150 Å². The summed E-state index contributed by atoms with van der Waals surface area (Å²) in [6, 6.07) is 0. The number of hydrogen-bond acceptors (Lipinski definition) is 1. The Kier molecular flexibility index (Phi) is 8.77. The van der Waals surface area contributed by atoms with E-state index in [2.05, 4.69) is 79.2 Å². The molecule has 0 spiro atoms. The molecule has 0 unspecified atom stereocenters. The summed E-state index contributed by atoms with van der Waals surface area (Å²) in [6.45, 7) is 27.6. The summed E-state index contributed by atoms with van der Waals surface area (Å²) in [7, 11) is -3.82. The summed E-state index contributed by atoms with van der Waals surface area (Å²) < 4.78 is 6.27. The fraction of sp³-hybridized carbons (Fsp3) is 0.895. The van der Waals surface area contributed by atoms with Crippen LogP contribution in [0.25, 0.3) is 0 Å². The highest BCUT2D eigenvalue weighted by molar-refractivity contribution is 7.04. The lowest BCUT2D eigenvalue weighted by atomic mass is 10.2. The summed E-state index contributed by atoms with van der Waals surface area (Å²) in [5.41, 5.74) is 0. The average Bonchev–Trinajstić information content (AvgIpc) is 2.27. The lowest BCUT2D eigenvalue weighted by Gasteiger charge is -2.36. The standard InChI is InChI=1S/C19H44OSi3/c1-19(2,3)23(10,11)20-17-15-13-12-14-16-18(21(4,5)6)22(7,8)9/h16H,12-15,17H2,1-11H3. The van der Waals surface area contributed by atoms with E-state index < -0.39 is 24.5 Å². The molecule has 0 N–H and O–H groups in total. The van der Waals surface area contributed by atoms with Gasteiger partial charge in [0, 0.05) is 6.61 Å². The van der Waals surface area contributed by atoms with Crippen LogP contribution in [-0.4, -0.2) is 31.1 Å². The van der Waals surface area contributed by atoms with Gasteiger partial charge in [-0.25, -0.2) is 0 Å². The molecule has 23 heavy (non-hydrogen) atoms. The van der Waals surface area contributed by atoms with E-state index in [1.54, 1.807) is 0 Å². The molecule has 0 amide bonds. The molecule has 0 saturated heterocycles. The normalized spacial score (nSPS) is 14.0. The highest BCUT2D eigenvalue weighted by Crippen LogP contribution is 2.36. The van der Waals surface area contributed by atoms with Crippen molar-refractivity contribution in [3.63, 3.8) is 0 Å². The van der Waals surface area contributed by atoms with Gasteiger partial charge in [-0.15, -0.1) is 0 Å². The zero-order valence-corrected chi connectivity index (χ0v) is 21.0. The molecule has 0 fully saturated rings. The van der Waals surface area contributed by atoms with Crippen molar-refractivity contribution in [1.82, 2.24) is 0 Å². The molecular formula is C19H44OSi3. The van der Waals surface area contributed by atoms with E-state index in [1.807, 2.05) is 4.82 Å². The molecule has 0 heterocycles. The van der Waals surface area contributed by atoms with Crippen LogP contribution in [0.4, 0.5) is 0 Å². The minimum atomic E-state index is -1.54. The highest BCUT2D eigenvalue weighted by Gasteiger charge is 2.36. The zero-order chi connectivity index (χ0) is 18.5. The van der Waals surface area contributed by atoms with Crippen LogP contribution in [0.1, 0.15) is 46.5 Å².